The molecule has 1 nitrogen and oxygen atoms in total. The summed E-state index contributed by atoms with van der Waals surface area (Å²) < 4.78 is 40.3. The predicted octanol–water partition coefficient (Wildman–Crippen LogP) is 4.47. The van der Waals surface area contributed by atoms with E-state index in [0.717, 1.165) is 0 Å². The Hall–Kier alpha value is -0.255. The van der Waals surface area contributed by atoms with Crippen molar-refractivity contribution in [1.82, 2.24) is 0 Å². The fraction of sp³-hybridized carbons (Fsp3) is 1.00. The van der Waals surface area contributed by atoms with Gasteiger partial charge in [0, 0.05) is 0 Å². The molecule has 17 heavy (non-hydrogen) atoms. The third-order valence-electron chi connectivity index (χ3n) is 2.87. The Morgan fingerprint density at radius 3 is 1.35 bits per heavy atom. The van der Waals surface area contributed by atoms with Crippen LogP contribution in [-0.2, 0) is 0 Å². The standard InChI is InChI=1S/C11H26N.BF4/c1-5-8-10-12(4,7-3)11-9-6-2;2-1(3,4)5/h5-11H2,1-4H3;/q+1;-1/p+1. The molecule has 0 saturated carbocycles. The highest BCUT2D eigenvalue weighted by Crippen LogP contribution is 2.07. The van der Waals surface area contributed by atoms with Crippen molar-refractivity contribution in [1.29, 1.82) is 0 Å². The van der Waals surface area contributed by atoms with Crippen LogP contribution in [0.2, 0.25) is 0 Å². The molecule has 6 heteroatoms. The molecule has 0 aliphatic carbocycles. The van der Waals surface area contributed by atoms with Gasteiger partial charge in [-0.25, -0.2) is 0 Å². The van der Waals surface area contributed by atoms with Gasteiger partial charge < -0.3 is 21.7 Å². The number of nitrogens with zero attached hydrogens (tertiary/aromatic N) is 1. The van der Waals surface area contributed by atoms with Gasteiger partial charge in [-0.3, -0.25) is 0 Å². The van der Waals surface area contributed by atoms with E-state index in [1.165, 1.54) is 49.8 Å². The minimum atomic E-state index is -6.00. The molecule has 0 aromatic heterocycles. The van der Waals surface area contributed by atoms with Crippen molar-refractivity contribution in [3.63, 3.8) is 0 Å². The minimum absolute atomic E-state index is 0. The Balaban J connectivity index is -0.000000321. The maximum atomic E-state index is 9.75. The summed E-state index contributed by atoms with van der Waals surface area (Å²) in [7, 11) is -3.61. The van der Waals surface area contributed by atoms with Gasteiger partial charge >= 0.3 is 8.68 Å². The van der Waals surface area contributed by atoms with Gasteiger partial charge in [0.1, 0.15) is 0 Å². The molecular formula is C11H27BF4N+. The lowest BCUT2D eigenvalue weighted by Crippen LogP contribution is -2.45. The third-order valence-corrected chi connectivity index (χ3v) is 2.87. The first kappa shape index (κ1) is 19.1. The van der Waals surface area contributed by atoms with E-state index in [4.69, 9.17) is 0 Å². The Morgan fingerprint density at radius 2 is 1.18 bits per heavy atom. The number of unbranched alkanes of at least 4 members (excludes halogenated alkanes) is 2. The summed E-state index contributed by atoms with van der Waals surface area (Å²) >= 11 is 0. The van der Waals surface area contributed by atoms with Gasteiger partial charge in [0.15, 0.2) is 0 Å². The summed E-state index contributed by atoms with van der Waals surface area (Å²) in [5, 5.41) is 0. The molecule has 0 aromatic rings. The number of hydrogen-bond donors (Lipinski definition) is 0. The molecule has 0 N–H and O–H groups in total. The Labute approximate surface area is 104 Å². The van der Waals surface area contributed by atoms with E-state index < -0.39 is 7.25 Å². The monoisotopic (exact) mass is 260 g/mol. The fourth-order valence-corrected chi connectivity index (χ4v) is 1.51. The second kappa shape index (κ2) is 9.74. The molecule has 0 unspecified atom stereocenters. The van der Waals surface area contributed by atoms with Gasteiger partial charge in [-0.2, -0.15) is 0 Å². The van der Waals surface area contributed by atoms with Gasteiger partial charge in [0.25, 0.3) is 0 Å². The topological polar surface area (TPSA) is 0 Å². The van der Waals surface area contributed by atoms with Crippen molar-refractivity contribution in [2.45, 2.75) is 46.5 Å². The molecule has 0 aliphatic heterocycles. The van der Waals surface area contributed by atoms with Crippen LogP contribution in [0.25, 0.3) is 0 Å². The summed E-state index contributed by atoms with van der Waals surface area (Å²) in [6, 6.07) is 0. The summed E-state index contributed by atoms with van der Waals surface area (Å²) in [5.41, 5.74) is 0. The molecule has 0 aromatic carbocycles. The van der Waals surface area contributed by atoms with E-state index in [2.05, 4.69) is 27.8 Å². The molecule has 0 fully saturated rings. The van der Waals surface area contributed by atoms with E-state index in [-0.39, 0.29) is 1.43 Å². The van der Waals surface area contributed by atoms with Crippen LogP contribution >= 0.6 is 0 Å². The van der Waals surface area contributed by atoms with E-state index in [1.807, 2.05) is 0 Å². The lowest BCUT2D eigenvalue weighted by Gasteiger charge is -2.33. The van der Waals surface area contributed by atoms with Crippen molar-refractivity contribution < 1.29 is 23.2 Å². The van der Waals surface area contributed by atoms with E-state index in [0.29, 0.717) is 0 Å². The average Bonchev–Trinajstić information content (AvgIpc) is 2.21. The number of quaternary nitrogens is 1. The highest BCUT2D eigenvalue weighted by atomic mass is 19.5. The lowest BCUT2D eigenvalue weighted by molar-refractivity contribution is -0.908. The molecule has 0 amide bonds. The maximum Gasteiger partial charge on any atom is 1.00 e. The van der Waals surface area contributed by atoms with E-state index >= 15 is 0 Å². The molecule has 0 saturated heterocycles. The van der Waals surface area contributed by atoms with Crippen LogP contribution in [0.15, 0.2) is 0 Å². The summed E-state index contributed by atoms with van der Waals surface area (Å²) in [6.07, 6.45) is 5.43. The molecule has 0 spiro atoms. The second-order valence-electron chi connectivity index (χ2n) is 4.58. The van der Waals surface area contributed by atoms with Gasteiger partial charge in [-0.15, -0.1) is 0 Å². The van der Waals surface area contributed by atoms with Crippen LogP contribution in [0.3, 0.4) is 0 Å². The van der Waals surface area contributed by atoms with E-state index in [1.54, 1.807) is 0 Å². The Morgan fingerprint density at radius 1 is 0.882 bits per heavy atom. The van der Waals surface area contributed by atoms with Gasteiger partial charge in [-0.05, 0) is 19.8 Å². The van der Waals surface area contributed by atoms with Crippen LogP contribution in [0.1, 0.15) is 47.9 Å². The molecular weight excluding hydrogens is 233 g/mol. The highest BCUT2D eigenvalue weighted by molar-refractivity contribution is 6.50. The largest absolute Gasteiger partial charge is 1.00 e. The molecule has 0 radical (unpaired) electrons. The number of hydrogen-bond acceptors (Lipinski definition) is 0. The van der Waals surface area contributed by atoms with Crippen LogP contribution < -0.4 is 0 Å². The first-order valence-electron chi connectivity index (χ1n) is 6.39. The van der Waals surface area contributed by atoms with Gasteiger partial charge in [-0.1, -0.05) is 26.7 Å². The number of rotatable bonds is 7. The van der Waals surface area contributed by atoms with E-state index in [9.17, 15) is 17.3 Å². The van der Waals surface area contributed by atoms with Crippen molar-refractivity contribution in [2.24, 2.45) is 0 Å². The van der Waals surface area contributed by atoms with Gasteiger partial charge in [0.05, 0.1) is 26.7 Å². The van der Waals surface area contributed by atoms with Crippen molar-refractivity contribution in [2.75, 3.05) is 26.7 Å². The molecule has 0 heterocycles. The zero-order chi connectivity index (χ0) is 13.9. The first-order chi connectivity index (χ1) is 7.68. The summed E-state index contributed by atoms with van der Waals surface area (Å²) in [5.74, 6) is 0. The Bertz CT molecular complexity index is 165. The second-order valence-corrected chi connectivity index (χ2v) is 4.58. The van der Waals surface area contributed by atoms with Crippen LogP contribution in [-0.4, -0.2) is 38.4 Å². The first-order valence-corrected chi connectivity index (χ1v) is 6.39. The van der Waals surface area contributed by atoms with Crippen LogP contribution in [0.4, 0.5) is 17.3 Å². The smallest absolute Gasteiger partial charge is 0.418 e. The SMILES string of the molecule is CCCC[N+](C)(CC)CCCC.F[B-](F)(F)F.[H+]. The minimum Gasteiger partial charge on any atom is -0.418 e. The lowest BCUT2D eigenvalue weighted by atomic mass is 10.2. The zero-order valence-electron chi connectivity index (χ0n) is 12.5. The third kappa shape index (κ3) is 18.3. The van der Waals surface area contributed by atoms with Crippen molar-refractivity contribution >= 4 is 7.25 Å². The molecule has 106 valence electrons. The average molecular weight is 260 g/mol. The zero-order valence-corrected chi connectivity index (χ0v) is 11.5. The number of halogens is 4. The molecule has 0 bridgehead atoms. The van der Waals surface area contributed by atoms with Gasteiger partial charge in [0.2, 0.25) is 0 Å². The summed E-state index contributed by atoms with van der Waals surface area (Å²) in [6.45, 7) is 10.9. The quantitative estimate of drug-likeness (QED) is 0.360. The highest BCUT2D eigenvalue weighted by Gasteiger charge is 2.20. The predicted molar refractivity (Wildman–Crippen MR) is 67.6 cm³/mol. The summed E-state index contributed by atoms with van der Waals surface area (Å²) in [4.78, 5) is 0. The molecule has 0 atom stereocenters. The molecule has 0 rings (SSSR count). The maximum absolute atomic E-state index is 9.75. The normalized spacial score (nSPS) is 12.0. The fourth-order valence-electron chi connectivity index (χ4n) is 1.51. The van der Waals surface area contributed by atoms with Crippen LogP contribution in [0.5, 0.6) is 0 Å². The molecule has 0 aliphatic rings. The van der Waals surface area contributed by atoms with Crippen LogP contribution in [0, 0.1) is 0 Å². The Kier molecular flexibility index (Phi) is 10.9. The van der Waals surface area contributed by atoms with Crippen molar-refractivity contribution in [3.8, 4) is 0 Å². The van der Waals surface area contributed by atoms with Crippen molar-refractivity contribution in [3.05, 3.63) is 0 Å².